The Morgan fingerprint density at radius 1 is 1.07 bits per heavy atom. The van der Waals surface area contributed by atoms with Crippen LogP contribution in [0.2, 0.25) is 10.0 Å². The largest absolute Gasteiger partial charge is 0.457 e. The van der Waals surface area contributed by atoms with Gasteiger partial charge in [0, 0.05) is 27.8 Å². The second-order valence-corrected chi connectivity index (χ2v) is 7.19. The molecule has 0 fully saturated rings. The number of nitrogens with one attached hydrogen (secondary N) is 2. The first kappa shape index (κ1) is 21.5. The second-order valence-electron chi connectivity index (χ2n) is 5.90. The number of rotatable bonds is 5. The summed E-state index contributed by atoms with van der Waals surface area (Å²) in [6, 6.07) is 14.7. The van der Waals surface area contributed by atoms with Gasteiger partial charge in [0.05, 0.1) is 4.92 Å². The van der Waals surface area contributed by atoms with Gasteiger partial charge in [-0.05, 0) is 66.8 Å². The third kappa shape index (κ3) is 5.66. The van der Waals surface area contributed by atoms with Crippen molar-refractivity contribution in [2.75, 3.05) is 5.32 Å². The molecule has 2 aromatic carbocycles. The lowest BCUT2D eigenvalue weighted by molar-refractivity contribution is -0.383. The van der Waals surface area contributed by atoms with Gasteiger partial charge in [0.25, 0.3) is 5.69 Å². The van der Waals surface area contributed by atoms with E-state index in [4.69, 9.17) is 39.8 Å². The molecule has 0 atom stereocenters. The summed E-state index contributed by atoms with van der Waals surface area (Å²) in [5.74, 6) is 0.551. The number of nitro benzene ring substituents is 1. The summed E-state index contributed by atoms with van der Waals surface area (Å²) in [7, 11) is 0. The first-order valence-electron chi connectivity index (χ1n) is 8.41. The van der Waals surface area contributed by atoms with Crippen LogP contribution in [0.25, 0.3) is 17.4 Å². The molecule has 0 radical (unpaired) electrons. The number of thiocarbonyl (C=S) groups is 1. The van der Waals surface area contributed by atoms with E-state index in [1.165, 1.54) is 30.4 Å². The number of anilines is 1. The van der Waals surface area contributed by atoms with Crippen LogP contribution in [0.3, 0.4) is 0 Å². The lowest BCUT2D eigenvalue weighted by atomic mass is 10.2. The number of furan rings is 1. The Hall–Kier alpha value is -3.20. The van der Waals surface area contributed by atoms with Gasteiger partial charge in [-0.1, -0.05) is 23.2 Å². The summed E-state index contributed by atoms with van der Waals surface area (Å²) in [5, 5.41) is 16.9. The first-order valence-corrected chi connectivity index (χ1v) is 9.58. The highest BCUT2D eigenvalue weighted by atomic mass is 35.5. The van der Waals surface area contributed by atoms with Crippen molar-refractivity contribution in [3.8, 4) is 11.3 Å². The van der Waals surface area contributed by atoms with Crippen LogP contribution in [0.15, 0.2) is 65.1 Å². The highest BCUT2D eigenvalue weighted by Gasteiger charge is 2.15. The summed E-state index contributed by atoms with van der Waals surface area (Å²) in [5.41, 5.74) is 0.690. The second kappa shape index (κ2) is 9.53. The van der Waals surface area contributed by atoms with Gasteiger partial charge in [0.2, 0.25) is 5.91 Å². The predicted octanol–water partition coefficient (Wildman–Crippen LogP) is 5.69. The van der Waals surface area contributed by atoms with E-state index in [0.717, 1.165) is 5.56 Å². The van der Waals surface area contributed by atoms with E-state index in [2.05, 4.69) is 10.6 Å². The fraction of sp³-hybridized carbons (Fsp3) is 0. The first-order chi connectivity index (χ1) is 14.3. The van der Waals surface area contributed by atoms with Crippen LogP contribution in [0, 0.1) is 10.1 Å². The number of hydrogen-bond donors (Lipinski definition) is 2. The number of amides is 1. The van der Waals surface area contributed by atoms with E-state index in [1.54, 1.807) is 24.3 Å². The molecule has 10 heteroatoms. The van der Waals surface area contributed by atoms with E-state index in [9.17, 15) is 14.9 Å². The van der Waals surface area contributed by atoms with Crippen molar-refractivity contribution in [1.82, 2.24) is 5.32 Å². The molecule has 0 aliphatic rings. The monoisotopic (exact) mass is 461 g/mol. The molecule has 30 heavy (non-hydrogen) atoms. The van der Waals surface area contributed by atoms with Crippen molar-refractivity contribution in [3.05, 3.63) is 86.6 Å². The van der Waals surface area contributed by atoms with Crippen LogP contribution in [0.5, 0.6) is 0 Å². The third-order valence-corrected chi connectivity index (χ3v) is 4.49. The highest BCUT2D eigenvalue weighted by molar-refractivity contribution is 7.80. The number of carbonyl (C=O) groups excluding carboxylic acids is 1. The lowest BCUT2D eigenvalue weighted by Crippen LogP contribution is -2.33. The van der Waals surface area contributed by atoms with Crippen molar-refractivity contribution in [3.63, 3.8) is 0 Å². The Morgan fingerprint density at radius 3 is 2.47 bits per heavy atom. The van der Waals surface area contributed by atoms with Gasteiger partial charge < -0.3 is 9.73 Å². The van der Waals surface area contributed by atoms with Crippen LogP contribution in [-0.4, -0.2) is 15.9 Å². The van der Waals surface area contributed by atoms with Crippen molar-refractivity contribution >= 4 is 63.9 Å². The average Bonchev–Trinajstić information content (AvgIpc) is 3.17. The quantitative estimate of drug-likeness (QED) is 0.219. The molecule has 0 unspecified atom stereocenters. The Balaban J connectivity index is 1.60. The number of benzene rings is 2. The fourth-order valence-electron chi connectivity index (χ4n) is 2.44. The van der Waals surface area contributed by atoms with E-state index in [1.807, 2.05) is 12.1 Å². The van der Waals surface area contributed by atoms with Gasteiger partial charge in [-0.2, -0.15) is 0 Å². The minimum absolute atomic E-state index is 0.101. The summed E-state index contributed by atoms with van der Waals surface area (Å²) in [6.45, 7) is 0. The number of nitro groups is 1. The van der Waals surface area contributed by atoms with Crippen LogP contribution >= 0.6 is 35.4 Å². The van der Waals surface area contributed by atoms with Crippen LogP contribution in [0.4, 0.5) is 11.4 Å². The van der Waals surface area contributed by atoms with Gasteiger partial charge >= 0.3 is 0 Å². The Labute approximate surface area is 186 Å². The summed E-state index contributed by atoms with van der Waals surface area (Å²) in [6.07, 6.45) is 2.71. The zero-order chi connectivity index (χ0) is 21.7. The molecule has 2 N–H and O–H groups in total. The molecule has 0 spiro atoms. The molecule has 152 valence electrons. The van der Waals surface area contributed by atoms with E-state index in [-0.39, 0.29) is 21.5 Å². The third-order valence-electron chi connectivity index (χ3n) is 3.80. The molecule has 1 amide bonds. The van der Waals surface area contributed by atoms with Crippen LogP contribution in [0.1, 0.15) is 5.76 Å². The number of hydrogen-bond acceptors (Lipinski definition) is 5. The number of halogens is 2. The summed E-state index contributed by atoms with van der Waals surface area (Å²) < 4.78 is 5.67. The minimum atomic E-state index is -0.603. The Bertz CT molecular complexity index is 1140. The van der Waals surface area contributed by atoms with Crippen LogP contribution in [-0.2, 0) is 4.79 Å². The smallest absolute Gasteiger partial charge is 0.294 e. The molecule has 0 saturated heterocycles. The average molecular weight is 462 g/mol. The minimum Gasteiger partial charge on any atom is -0.457 e. The normalized spacial score (nSPS) is 10.7. The maximum absolute atomic E-state index is 12.1. The van der Waals surface area contributed by atoms with Gasteiger partial charge in [0.1, 0.15) is 17.2 Å². The molecule has 0 aliphatic carbocycles. The standard InChI is InChI=1S/C20H13Cl2N3O4S/c21-13-3-1-12(2-4-13)18-9-6-15(29-18)7-10-19(26)24-20(30)23-16-8-5-14(22)11-17(16)25(27)28/h1-11H,(H2,23,24,26,30). The molecular weight excluding hydrogens is 449 g/mol. The van der Waals surface area contributed by atoms with Crippen molar-refractivity contribution in [1.29, 1.82) is 0 Å². The fourth-order valence-corrected chi connectivity index (χ4v) is 2.94. The van der Waals surface area contributed by atoms with Gasteiger partial charge in [-0.3, -0.25) is 20.2 Å². The van der Waals surface area contributed by atoms with Gasteiger partial charge in [0.15, 0.2) is 5.11 Å². The predicted molar refractivity (Wildman–Crippen MR) is 121 cm³/mol. The van der Waals surface area contributed by atoms with Crippen molar-refractivity contribution in [2.45, 2.75) is 0 Å². The van der Waals surface area contributed by atoms with Gasteiger partial charge in [-0.15, -0.1) is 0 Å². The Morgan fingerprint density at radius 2 is 1.77 bits per heavy atom. The topological polar surface area (TPSA) is 97.4 Å². The molecule has 1 aromatic heterocycles. The molecule has 1 heterocycles. The molecule has 0 aliphatic heterocycles. The highest BCUT2D eigenvalue weighted by Crippen LogP contribution is 2.27. The van der Waals surface area contributed by atoms with Crippen molar-refractivity contribution in [2.24, 2.45) is 0 Å². The summed E-state index contributed by atoms with van der Waals surface area (Å²) in [4.78, 5) is 22.6. The SMILES string of the molecule is O=C(C=Cc1ccc(-c2ccc(Cl)cc2)o1)NC(=S)Nc1ccc(Cl)cc1[N+](=O)[O-]. The lowest BCUT2D eigenvalue weighted by Gasteiger charge is -2.08. The van der Waals surface area contributed by atoms with Crippen molar-refractivity contribution < 1.29 is 14.1 Å². The van der Waals surface area contributed by atoms with E-state index >= 15 is 0 Å². The Kier molecular flexibility index (Phi) is 6.83. The number of nitrogens with zero attached hydrogens (tertiary/aromatic N) is 1. The van der Waals surface area contributed by atoms with Crippen LogP contribution < -0.4 is 10.6 Å². The molecule has 3 aromatic rings. The summed E-state index contributed by atoms with van der Waals surface area (Å²) >= 11 is 16.7. The van der Waals surface area contributed by atoms with Gasteiger partial charge in [-0.25, -0.2) is 0 Å². The molecule has 7 nitrogen and oxygen atoms in total. The number of carbonyl (C=O) groups is 1. The molecule has 0 bridgehead atoms. The molecular formula is C20H13Cl2N3O4S. The van der Waals surface area contributed by atoms with E-state index < -0.39 is 10.8 Å². The maximum atomic E-state index is 12.1. The zero-order valence-corrected chi connectivity index (χ0v) is 17.4. The molecule has 3 rings (SSSR count). The molecule has 0 saturated carbocycles. The van der Waals surface area contributed by atoms with E-state index in [0.29, 0.717) is 16.5 Å². The maximum Gasteiger partial charge on any atom is 0.294 e. The zero-order valence-electron chi connectivity index (χ0n) is 15.1.